The number of fused-ring (bicyclic) bond motifs is 1. The first-order valence-electron chi connectivity index (χ1n) is 4.29. The van der Waals surface area contributed by atoms with E-state index in [9.17, 15) is 9.90 Å². The van der Waals surface area contributed by atoms with Gasteiger partial charge in [-0.1, -0.05) is 24.3 Å². The molecule has 0 unspecified atom stereocenters. The van der Waals surface area contributed by atoms with E-state index in [0.717, 1.165) is 5.56 Å². The van der Waals surface area contributed by atoms with Gasteiger partial charge in [0.1, 0.15) is 0 Å². The van der Waals surface area contributed by atoms with Crippen LogP contribution in [-0.2, 0) is 0 Å². The standard InChI is InChI=1S/C11H10O2/c12-9-5-6-11(13)10-4-2-1-3-8(10)7-9/h1-4,7,12H,5-6H2. The van der Waals surface area contributed by atoms with E-state index in [2.05, 4.69) is 0 Å². The van der Waals surface area contributed by atoms with Crippen molar-refractivity contribution in [1.82, 2.24) is 0 Å². The molecule has 1 aliphatic carbocycles. The molecule has 0 heterocycles. The fourth-order valence-electron chi connectivity index (χ4n) is 1.50. The summed E-state index contributed by atoms with van der Waals surface area (Å²) in [5.74, 6) is 0.397. The van der Waals surface area contributed by atoms with Crippen LogP contribution < -0.4 is 0 Å². The largest absolute Gasteiger partial charge is 0.512 e. The monoisotopic (exact) mass is 174 g/mol. The van der Waals surface area contributed by atoms with Gasteiger partial charge in [-0.05, 0) is 11.6 Å². The molecule has 66 valence electrons. The highest BCUT2D eigenvalue weighted by Crippen LogP contribution is 2.21. The molecule has 0 fully saturated rings. The third-order valence-electron chi connectivity index (χ3n) is 2.19. The number of Topliss-reactive ketones (excluding diaryl/α,β-unsaturated/α-hetero) is 1. The zero-order valence-electron chi connectivity index (χ0n) is 7.16. The lowest BCUT2D eigenvalue weighted by Gasteiger charge is -1.99. The van der Waals surface area contributed by atoms with Gasteiger partial charge < -0.3 is 5.11 Å². The van der Waals surface area contributed by atoms with Crippen molar-refractivity contribution in [2.75, 3.05) is 0 Å². The molecule has 0 aliphatic heterocycles. The van der Waals surface area contributed by atoms with E-state index >= 15 is 0 Å². The Balaban J connectivity index is 2.57. The Hall–Kier alpha value is -1.57. The Labute approximate surface area is 76.5 Å². The summed E-state index contributed by atoms with van der Waals surface area (Å²) in [6.07, 6.45) is 2.52. The van der Waals surface area contributed by atoms with E-state index in [1.54, 1.807) is 12.1 Å². The summed E-state index contributed by atoms with van der Waals surface area (Å²) in [7, 11) is 0. The first kappa shape index (κ1) is 8.05. The molecule has 13 heavy (non-hydrogen) atoms. The number of carbonyl (C=O) groups excluding carboxylic acids is 1. The third-order valence-corrected chi connectivity index (χ3v) is 2.19. The average molecular weight is 174 g/mol. The SMILES string of the molecule is O=C1CCC(O)=Cc2ccccc21. The van der Waals surface area contributed by atoms with E-state index in [1.165, 1.54) is 0 Å². The summed E-state index contributed by atoms with van der Waals surface area (Å²) in [5.41, 5.74) is 1.54. The van der Waals surface area contributed by atoms with Crippen LogP contribution in [0.2, 0.25) is 0 Å². The molecule has 0 saturated carbocycles. The van der Waals surface area contributed by atoms with Gasteiger partial charge in [0.15, 0.2) is 5.78 Å². The van der Waals surface area contributed by atoms with Crippen molar-refractivity contribution in [3.63, 3.8) is 0 Å². The molecular formula is C11H10O2. The summed E-state index contributed by atoms with van der Waals surface area (Å²) in [6, 6.07) is 7.34. The molecular weight excluding hydrogens is 164 g/mol. The molecule has 0 spiro atoms. The first-order valence-corrected chi connectivity index (χ1v) is 4.29. The van der Waals surface area contributed by atoms with Crippen LogP contribution in [-0.4, -0.2) is 10.9 Å². The minimum Gasteiger partial charge on any atom is -0.512 e. The maximum Gasteiger partial charge on any atom is 0.163 e. The fraction of sp³-hybridized carbons (Fsp3) is 0.182. The molecule has 0 amide bonds. The van der Waals surface area contributed by atoms with Crippen molar-refractivity contribution < 1.29 is 9.90 Å². The lowest BCUT2D eigenvalue weighted by Crippen LogP contribution is -1.98. The molecule has 1 aromatic rings. The molecule has 1 aliphatic rings. The summed E-state index contributed by atoms with van der Waals surface area (Å²) in [5, 5.41) is 9.36. The second kappa shape index (κ2) is 3.05. The van der Waals surface area contributed by atoms with E-state index in [1.807, 2.05) is 18.2 Å². The molecule has 1 N–H and O–H groups in total. The van der Waals surface area contributed by atoms with Gasteiger partial charge >= 0.3 is 0 Å². The van der Waals surface area contributed by atoms with Gasteiger partial charge in [0.25, 0.3) is 0 Å². The first-order chi connectivity index (χ1) is 6.27. The van der Waals surface area contributed by atoms with Crippen LogP contribution in [0.1, 0.15) is 28.8 Å². The van der Waals surface area contributed by atoms with Gasteiger partial charge in [-0.3, -0.25) is 4.79 Å². The number of rotatable bonds is 0. The molecule has 0 saturated heterocycles. The quantitative estimate of drug-likeness (QED) is 0.656. The van der Waals surface area contributed by atoms with Gasteiger partial charge in [0.2, 0.25) is 0 Å². The number of aliphatic hydroxyl groups is 1. The fourth-order valence-corrected chi connectivity index (χ4v) is 1.50. The number of allylic oxidation sites excluding steroid dienone is 1. The second-order valence-corrected chi connectivity index (χ2v) is 3.15. The van der Waals surface area contributed by atoms with E-state index in [4.69, 9.17) is 0 Å². The maximum atomic E-state index is 11.5. The Kier molecular flexibility index (Phi) is 1.89. The van der Waals surface area contributed by atoms with Crippen molar-refractivity contribution in [3.05, 3.63) is 41.2 Å². The molecule has 2 nitrogen and oxygen atoms in total. The van der Waals surface area contributed by atoms with E-state index in [0.29, 0.717) is 24.2 Å². The third kappa shape index (κ3) is 1.47. The van der Waals surface area contributed by atoms with Crippen molar-refractivity contribution in [2.24, 2.45) is 0 Å². The molecule has 0 radical (unpaired) electrons. The number of ketones is 1. The van der Waals surface area contributed by atoms with Gasteiger partial charge in [0.05, 0.1) is 5.76 Å². The number of hydrogen-bond acceptors (Lipinski definition) is 2. The van der Waals surface area contributed by atoms with Crippen molar-refractivity contribution in [1.29, 1.82) is 0 Å². The zero-order chi connectivity index (χ0) is 9.26. The van der Waals surface area contributed by atoms with E-state index < -0.39 is 0 Å². The normalized spacial score (nSPS) is 16.0. The van der Waals surface area contributed by atoms with E-state index in [-0.39, 0.29) is 5.78 Å². The lowest BCUT2D eigenvalue weighted by atomic mass is 10.0. The van der Waals surface area contributed by atoms with Crippen molar-refractivity contribution in [2.45, 2.75) is 12.8 Å². The van der Waals surface area contributed by atoms with Crippen LogP contribution in [0.3, 0.4) is 0 Å². The number of benzene rings is 1. The lowest BCUT2D eigenvalue weighted by molar-refractivity contribution is 0.0980. The molecule has 1 aromatic carbocycles. The molecule has 0 atom stereocenters. The van der Waals surface area contributed by atoms with Crippen LogP contribution in [0.4, 0.5) is 0 Å². The van der Waals surface area contributed by atoms with Gasteiger partial charge in [-0.15, -0.1) is 0 Å². The van der Waals surface area contributed by atoms with Crippen LogP contribution in [0.5, 0.6) is 0 Å². The summed E-state index contributed by atoms with van der Waals surface area (Å²) >= 11 is 0. The minimum absolute atomic E-state index is 0.107. The number of aliphatic hydroxyl groups excluding tert-OH is 1. The molecule has 2 heteroatoms. The van der Waals surface area contributed by atoms with Crippen LogP contribution in [0.25, 0.3) is 6.08 Å². The summed E-state index contributed by atoms with van der Waals surface area (Å²) in [4.78, 5) is 11.5. The van der Waals surface area contributed by atoms with Gasteiger partial charge in [-0.2, -0.15) is 0 Å². The van der Waals surface area contributed by atoms with Gasteiger partial charge in [0, 0.05) is 18.4 Å². The average Bonchev–Trinajstić information content (AvgIpc) is 2.27. The van der Waals surface area contributed by atoms with Gasteiger partial charge in [-0.25, -0.2) is 0 Å². The minimum atomic E-state index is 0.107. The Bertz CT molecular complexity index is 377. The maximum absolute atomic E-state index is 11.5. The predicted molar refractivity (Wildman–Crippen MR) is 50.6 cm³/mol. The Morgan fingerprint density at radius 2 is 1.92 bits per heavy atom. The zero-order valence-corrected chi connectivity index (χ0v) is 7.16. The highest BCUT2D eigenvalue weighted by molar-refractivity contribution is 6.00. The summed E-state index contributed by atoms with van der Waals surface area (Å²) < 4.78 is 0. The molecule has 2 rings (SSSR count). The highest BCUT2D eigenvalue weighted by Gasteiger charge is 2.14. The number of hydrogen-bond donors (Lipinski definition) is 1. The highest BCUT2D eigenvalue weighted by atomic mass is 16.3. The summed E-state index contributed by atoms with van der Waals surface area (Å²) in [6.45, 7) is 0. The topological polar surface area (TPSA) is 37.3 Å². The van der Waals surface area contributed by atoms with Crippen LogP contribution in [0, 0.1) is 0 Å². The number of carbonyl (C=O) groups is 1. The molecule has 0 bridgehead atoms. The van der Waals surface area contributed by atoms with Crippen molar-refractivity contribution >= 4 is 11.9 Å². The smallest absolute Gasteiger partial charge is 0.163 e. The van der Waals surface area contributed by atoms with Crippen molar-refractivity contribution in [3.8, 4) is 0 Å². The Morgan fingerprint density at radius 3 is 2.77 bits per heavy atom. The molecule has 0 aromatic heterocycles. The second-order valence-electron chi connectivity index (χ2n) is 3.15. The predicted octanol–water partition coefficient (Wildman–Crippen LogP) is 2.56. The van der Waals surface area contributed by atoms with Crippen LogP contribution in [0.15, 0.2) is 30.0 Å². The Morgan fingerprint density at radius 1 is 1.15 bits per heavy atom. The van der Waals surface area contributed by atoms with Crippen LogP contribution >= 0.6 is 0 Å².